The molecule has 3 atom stereocenters. The number of hydrogen-bond donors (Lipinski definition) is 3. The molecule has 0 saturated heterocycles. The summed E-state index contributed by atoms with van der Waals surface area (Å²) in [7, 11) is 0. The molecule has 2 aromatic carbocycles. The number of anilines is 2. The van der Waals surface area contributed by atoms with Gasteiger partial charge in [-0.05, 0) is 42.2 Å². The molecule has 1 fully saturated rings. The summed E-state index contributed by atoms with van der Waals surface area (Å²) in [6.07, 6.45) is 4.36. The van der Waals surface area contributed by atoms with Crippen LogP contribution in [0.2, 0.25) is 0 Å². The van der Waals surface area contributed by atoms with Crippen LogP contribution in [0.4, 0.5) is 15.8 Å². The van der Waals surface area contributed by atoms with Crippen molar-refractivity contribution < 1.29 is 27.8 Å². The summed E-state index contributed by atoms with van der Waals surface area (Å²) in [5, 5.41) is 13.2. The molecule has 1 heterocycles. The summed E-state index contributed by atoms with van der Waals surface area (Å²) in [5.41, 5.74) is 1.20. The Bertz CT molecular complexity index is 1100. The van der Waals surface area contributed by atoms with E-state index in [0.29, 0.717) is 24.6 Å². The third kappa shape index (κ3) is 4.41. The van der Waals surface area contributed by atoms with Crippen LogP contribution in [0.3, 0.4) is 0 Å². The summed E-state index contributed by atoms with van der Waals surface area (Å²) in [6.45, 7) is 4.93. The van der Waals surface area contributed by atoms with Crippen molar-refractivity contribution >= 4 is 34.7 Å². The third-order valence-corrected chi connectivity index (χ3v) is 6.37. The molecule has 7 nitrogen and oxygen atoms in total. The molecule has 1 saturated carbocycles. The van der Waals surface area contributed by atoms with E-state index in [1.807, 2.05) is 13.8 Å². The van der Waals surface area contributed by atoms with Gasteiger partial charge in [-0.1, -0.05) is 32.1 Å². The van der Waals surface area contributed by atoms with Crippen LogP contribution < -0.4 is 14.4 Å². The Morgan fingerprint density at radius 3 is 2.78 bits per heavy atom. The van der Waals surface area contributed by atoms with Gasteiger partial charge in [0.25, 0.3) is 11.3 Å². The van der Waals surface area contributed by atoms with Crippen LogP contribution in [0.5, 0.6) is 5.75 Å². The number of nitrogens with one attached hydrogen (secondary N) is 1. The van der Waals surface area contributed by atoms with Crippen molar-refractivity contribution in [3.8, 4) is 5.75 Å². The highest BCUT2D eigenvalue weighted by Crippen LogP contribution is 2.56. The van der Waals surface area contributed by atoms with Crippen LogP contribution in [0, 0.1) is 11.7 Å². The molecule has 170 valence electrons. The molecule has 0 aromatic heterocycles. The topological polar surface area (TPSA) is 99.1 Å². The molecule has 9 heteroatoms. The maximum atomic E-state index is 14.0. The van der Waals surface area contributed by atoms with Crippen LogP contribution in [-0.2, 0) is 11.3 Å². The lowest BCUT2D eigenvalue weighted by molar-refractivity contribution is 0.0692. The van der Waals surface area contributed by atoms with E-state index in [9.17, 15) is 23.1 Å². The number of ether oxygens (including phenoxy) is 1. The first-order valence-corrected chi connectivity index (χ1v) is 11.5. The van der Waals surface area contributed by atoms with Crippen LogP contribution in [0.25, 0.3) is 6.08 Å². The standard InChI is InChI=1S/C23H25FN2O5S/c1-13(2)25-9-3-4-14-10-16(24)5-7-19(14)26(32(29)30)20-8-6-17-18-11-15(18)12-31-22(17)21(20)23(27)28/h3-8,10,13,15,18,25H,9,11-12H2,1-2H3,(H,27,28)(H,29,30). The van der Waals surface area contributed by atoms with E-state index < -0.39 is 23.1 Å². The largest absolute Gasteiger partial charge is 0.492 e. The molecule has 3 N–H and O–H groups in total. The number of fused-ring (bicyclic) bond motifs is 3. The fourth-order valence-corrected chi connectivity index (χ4v) is 4.70. The number of nitrogens with zero attached hydrogens (tertiary/aromatic N) is 1. The monoisotopic (exact) mass is 460 g/mol. The number of aromatic carboxylic acids is 1. The van der Waals surface area contributed by atoms with Gasteiger partial charge in [0, 0.05) is 24.1 Å². The van der Waals surface area contributed by atoms with Crippen LogP contribution in [0.1, 0.15) is 47.7 Å². The average molecular weight is 461 g/mol. The molecule has 1 aliphatic carbocycles. The Labute approximate surface area is 188 Å². The van der Waals surface area contributed by atoms with E-state index >= 15 is 0 Å². The van der Waals surface area contributed by atoms with Crippen molar-refractivity contribution in [2.75, 3.05) is 17.5 Å². The van der Waals surface area contributed by atoms with Gasteiger partial charge in [-0.2, -0.15) is 0 Å². The van der Waals surface area contributed by atoms with E-state index in [-0.39, 0.29) is 34.6 Å². The summed E-state index contributed by atoms with van der Waals surface area (Å²) in [6, 6.07) is 7.31. The van der Waals surface area contributed by atoms with Gasteiger partial charge in [0.2, 0.25) is 0 Å². The molecule has 0 spiro atoms. The second-order valence-corrected chi connectivity index (χ2v) is 9.12. The summed E-state index contributed by atoms with van der Waals surface area (Å²) in [4.78, 5) is 12.2. The van der Waals surface area contributed by atoms with Gasteiger partial charge < -0.3 is 15.2 Å². The Kier molecular flexibility index (Phi) is 6.32. The highest BCUT2D eigenvalue weighted by molar-refractivity contribution is 7.81. The van der Waals surface area contributed by atoms with Gasteiger partial charge in [-0.15, -0.1) is 0 Å². The zero-order valence-corrected chi connectivity index (χ0v) is 18.6. The molecule has 3 unspecified atom stereocenters. The van der Waals surface area contributed by atoms with E-state index in [1.165, 1.54) is 24.3 Å². The number of benzene rings is 2. The van der Waals surface area contributed by atoms with Crippen molar-refractivity contribution in [3.63, 3.8) is 0 Å². The van der Waals surface area contributed by atoms with E-state index in [0.717, 1.165) is 16.3 Å². The van der Waals surface area contributed by atoms with Gasteiger partial charge in [-0.3, -0.25) is 4.55 Å². The molecule has 2 aromatic rings. The minimum absolute atomic E-state index is 0.0118. The molecule has 0 radical (unpaired) electrons. The molecular formula is C23H25FN2O5S. The minimum Gasteiger partial charge on any atom is -0.492 e. The third-order valence-electron chi connectivity index (χ3n) is 5.67. The maximum Gasteiger partial charge on any atom is 0.341 e. The number of rotatable bonds is 8. The molecular weight excluding hydrogens is 435 g/mol. The predicted octanol–water partition coefficient (Wildman–Crippen LogP) is 4.31. The molecule has 1 aliphatic heterocycles. The Morgan fingerprint density at radius 2 is 2.09 bits per heavy atom. The molecule has 0 amide bonds. The molecule has 2 aliphatic rings. The van der Waals surface area contributed by atoms with Gasteiger partial charge in [-0.25, -0.2) is 17.7 Å². The van der Waals surface area contributed by atoms with Crippen LogP contribution >= 0.6 is 0 Å². The van der Waals surface area contributed by atoms with E-state index in [2.05, 4.69) is 5.32 Å². The first kappa shape index (κ1) is 22.4. The number of hydrogen-bond acceptors (Lipinski definition) is 4. The fraction of sp³-hybridized carbons (Fsp3) is 0.348. The number of carboxylic acid groups (broad SMARTS) is 1. The maximum absolute atomic E-state index is 14.0. The Morgan fingerprint density at radius 1 is 1.34 bits per heavy atom. The van der Waals surface area contributed by atoms with Crippen molar-refractivity contribution in [3.05, 3.63) is 58.9 Å². The van der Waals surface area contributed by atoms with E-state index in [1.54, 1.807) is 18.2 Å². The molecule has 4 rings (SSSR count). The molecule has 0 bridgehead atoms. The van der Waals surface area contributed by atoms with Crippen molar-refractivity contribution in [2.24, 2.45) is 5.92 Å². The number of carbonyl (C=O) groups is 1. The quantitative estimate of drug-likeness (QED) is 0.508. The second-order valence-electron chi connectivity index (χ2n) is 8.29. The Balaban J connectivity index is 1.81. The lowest BCUT2D eigenvalue weighted by atomic mass is 9.99. The highest BCUT2D eigenvalue weighted by Gasteiger charge is 2.45. The zero-order valence-electron chi connectivity index (χ0n) is 17.7. The molecule has 32 heavy (non-hydrogen) atoms. The van der Waals surface area contributed by atoms with Gasteiger partial charge in [0.15, 0.2) is 0 Å². The normalized spacial score (nSPS) is 19.9. The Hall–Kier alpha value is -2.75. The van der Waals surface area contributed by atoms with Gasteiger partial charge in [0.1, 0.15) is 17.1 Å². The van der Waals surface area contributed by atoms with Crippen LogP contribution in [-0.4, -0.2) is 39.0 Å². The smallest absolute Gasteiger partial charge is 0.341 e. The summed E-state index contributed by atoms with van der Waals surface area (Å²) in [5.74, 6) is -0.875. The first-order valence-electron chi connectivity index (χ1n) is 10.4. The average Bonchev–Trinajstić information content (AvgIpc) is 3.52. The lowest BCUT2D eigenvalue weighted by Crippen LogP contribution is -2.24. The second kappa shape index (κ2) is 9.01. The van der Waals surface area contributed by atoms with Gasteiger partial charge >= 0.3 is 5.97 Å². The number of carboxylic acids is 1. The summed E-state index contributed by atoms with van der Waals surface area (Å²) >= 11 is -2.62. The summed E-state index contributed by atoms with van der Waals surface area (Å²) < 4.78 is 43.4. The minimum atomic E-state index is -2.62. The highest BCUT2D eigenvalue weighted by atomic mass is 32.2. The lowest BCUT2D eigenvalue weighted by Gasteiger charge is -2.27. The first-order chi connectivity index (χ1) is 15.3. The number of halogens is 1. The van der Waals surface area contributed by atoms with Crippen LogP contribution in [0.15, 0.2) is 36.4 Å². The van der Waals surface area contributed by atoms with Crippen molar-refractivity contribution in [2.45, 2.75) is 32.2 Å². The fourth-order valence-electron chi connectivity index (χ4n) is 4.05. The van der Waals surface area contributed by atoms with Gasteiger partial charge in [0.05, 0.1) is 18.0 Å². The SMILES string of the molecule is CC(C)NCC=Cc1cc(F)ccc1N(c1ccc2c(c1C(=O)O)OCC1CC21)S(=O)O. The van der Waals surface area contributed by atoms with E-state index in [4.69, 9.17) is 4.74 Å². The van der Waals surface area contributed by atoms with Crippen molar-refractivity contribution in [1.82, 2.24) is 5.32 Å². The zero-order chi connectivity index (χ0) is 23.0. The predicted molar refractivity (Wildman–Crippen MR) is 121 cm³/mol. The van der Waals surface area contributed by atoms with Crippen molar-refractivity contribution in [1.29, 1.82) is 0 Å².